The number of fused-ring (bicyclic) bond motifs is 4. The van der Waals surface area contributed by atoms with Crippen LogP contribution in [0, 0.1) is 52.7 Å². The zero-order valence-corrected chi connectivity index (χ0v) is 25.7. The Morgan fingerprint density at radius 1 is 0.787 bits per heavy atom. The van der Waals surface area contributed by atoms with Crippen LogP contribution in [0.4, 0.5) is 32.0 Å². The van der Waals surface area contributed by atoms with Gasteiger partial charge in [0.2, 0.25) is 17.6 Å². The summed E-state index contributed by atoms with van der Waals surface area (Å²) in [5, 5.41) is 10.9. The summed E-state index contributed by atoms with van der Waals surface area (Å²) in [6, 6.07) is 2.83. The van der Waals surface area contributed by atoms with E-state index in [0.717, 1.165) is 37.5 Å². The van der Waals surface area contributed by atoms with E-state index >= 15 is 8.78 Å². The van der Waals surface area contributed by atoms with Gasteiger partial charge >= 0.3 is 0 Å². The summed E-state index contributed by atoms with van der Waals surface area (Å²) in [5.41, 5.74) is -2.18. The van der Waals surface area contributed by atoms with Gasteiger partial charge in [-0.15, -0.1) is 23.2 Å². The van der Waals surface area contributed by atoms with Crippen LogP contribution >= 0.6 is 23.2 Å². The lowest BCUT2D eigenvalue weighted by Gasteiger charge is -2.50. The van der Waals surface area contributed by atoms with Crippen molar-refractivity contribution < 1.29 is 50.6 Å². The van der Waals surface area contributed by atoms with Gasteiger partial charge < -0.3 is 5.11 Å². The fraction of sp³-hybridized carbons (Fsp3) is 0.438. The molecule has 4 fully saturated rings. The summed E-state index contributed by atoms with van der Waals surface area (Å²) in [4.78, 5) is 51.5. The molecule has 2 aromatic rings. The van der Waals surface area contributed by atoms with Crippen LogP contribution in [0.1, 0.15) is 56.4 Å². The predicted octanol–water partition coefficient (Wildman–Crippen LogP) is 6.12. The van der Waals surface area contributed by atoms with Gasteiger partial charge in [-0.25, -0.2) is 31.2 Å². The van der Waals surface area contributed by atoms with Crippen molar-refractivity contribution in [2.75, 3.05) is 4.90 Å². The maximum absolute atomic E-state index is 15.1. The molecule has 15 heteroatoms. The molecule has 0 aromatic heterocycles. The Morgan fingerprint density at radius 2 is 1.40 bits per heavy atom. The summed E-state index contributed by atoms with van der Waals surface area (Å²) in [5.74, 6) is -23.9. The van der Waals surface area contributed by atoms with Crippen molar-refractivity contribution in [2.24, 2.45) is 17.8 Å². The van der Waals surface area contributed by atoms with Crippen LogP contribution in [0.15, 0.2) is 29.8 Å². The number of phenolic OH excluding ortho intramolecular Hbond substituents is 1. The second-order valence-electron chi connectivity index (χ2n) is 12.7. The minimum Gasteiger partial charge on any atom is -0.505 e. The molecule has 2 aliphatic heterocycles. The van der Waals surface area contributed by atoms with Crippen LogP contribution in [-0.4, -0.2) is 49.4 Å². The maximum atomic E-state index is 15.1. The van der Waals surface area contributed by atoms with Crippen molar-refractivity contribution in [2.45, 2.75) is 66.7 Å². The summed E-state index contributed by atoms with van der Waals surface area (Å²) in [7, 11) is 0. The van der Waals surface area contributed by atoms with Crippen molar-refractivity contribution in [3.05, 3.63) is 70.3 Å². The lowest BCUT2D eigenvalue weighted by Crippen LogP contribution is -2.60. The summed E-state index contributed by atoms with van der Waals surface area (Å²) in [6.45, 7) is 0. The first kappa shape index (κ1) is 32.0. The van der Waals surface area contributed by atoms with Crippen LogP contribution in [0.25, 0.3) is 0 Å². The molecule has 1 N–H and O–H groups in total. The highest BCUT2D eigenvalue weighted by Crippen LogP contribution is 2.67. The van der Waals surface area contributed by atoms with E-state index in [0.29, 0.717) is 12.8 Å². The zero-order valence-electron chi connectivity index (χ0n) is 24.1. The Hall–Kier alpha value is -3.58. The second kappa shape index (κ2) is 10.7. The minimum atomic E-state index is -2.85. The number of carbonyl (C=O) groups excluding carboxylic acids is 4. The van der Waals surface area contributed by atoms with E-state index in [-0.39, 0.29) is 28.5 Å². The quantitative estimate of drug-likeness (QED) is 0.104. The molecule has 0 spiro atoms. The molecule has 3 aliphatic carbocycles. The molecule has 7 rings (SSSR count). The third kappa shape index (κ3) is 4.01. The van der Waals surface area contributed by atoms with Crippen molar-refractivity contribution in [1.29, 1.82) is 0 Å². The number of hydrogen-bond acceptors (Lipinski definition) is 5. The summed E-state index contributed by atoms with van der Waals surface area (Å²) >= 11 is 14.0. The van der Waals surface area contributed by atoms with Crippen LogP contribution in [0.3, 0.4) is 0 Å². The van der Waals surface area contributed by atoms with E-state index in [4.69, 9.17) is 23.2 Å². The fourth-order valence-electron chi connectivity index (χ4n) is 8.40. The molecule has 2 heterocycles. The molecule has 2 aromatic carbocycles. The van der Waals surface area contributed by atoms with Crippen LogP contribution in [0.5, 0.6) is 5.75 Å². The molecule has 2 saturated carbocycles. The van der Waals surface area contributed by atoms with Crippen LogP contribution < -0.4 is 4.90 Å². The number of anilines is 1. The lowest BCUT2D eigenvalue weighted by molar-refractivity contribution is -0.143. The molecule has 0 radical (unpaired) electrons. The molecular weight excluding hydrogens is 677 g/mol. The fourth-order valence-corrected chi connectivity index (χ4v) is 9.33. The number of nitrogens with zero attached hydrogens (tertiary/aromatic N) is 2. The van der Waals surface area contributed by atoms with E-state index in [1.54, 1.807) is 0 Å². The van der Waals surface area contributed by atoms with Gasteiger partial charge in [0.05, 0.1) is 11.8 Å². The van der Waals surface area contributed by atoms with E-state index in [9.17, 15) is 41.8 Å². The number of likely N-dealkylation sites (tertiary alicyclic amines) is 1. The van der Waals surface area contributed by atoms with E-state index in [2.05, 4.69) is 0 Å². The van der Waals surface area contributed by atoms with Crippen LogP contribution in [0.2, 0.25) is 0 Å². The number of allylic oxidation sites excluding steroid dienone is 2. The molecule has 2 saturated heterocycles. The van der Waals surface area contributed by atoms with Gasteiger partial charge in [0, 0.05) is 17.5 Å². The molecular formula is C32H24Cl2F6N2O5. The Balaban J connectivity index is 1.43. The predicted molar refractivity (Wildman–Crippen MR) is 153 cm³/mol. The van der Waals surface area contributed by atoms with E-state index in [1.807, 2.05) is 0 Å². The van der Waals surface area contributed by atoms with Gasteiger partial charge in [-0.3, -0.25) is 24.1 Å². The summed E-state index contributed by atoms with van der Waals surface area (Å²) in [6.07, 6.45) is 4.51. The van der Waals surface area contributed by atoms with Crippen molar-refractivity contribution >= 4 is 52.5 Å². The second-order valence-corrected chi connectivity index (χ2v) is 14.0. The number of halogens is 8. The number of hydrogen-bond donors (Lipinski definition) is 1. The zero-order chi connectivity index (χ0) is 33.9. The first-order valence-corrected chi connectivity index (χ1v) is 15.8. The number of para-hydroxylation sites is 1. The van der Waals surface area contributed by atoms with Gasteiger partial charge in [0.1, 0.15) is 5.69 Å². The largest absolute Gasteiger partial charge is 0.505 e. The smallest absolute Gasteiger partial charge is 0.258 e. The molecule has 7 nitrogen and oxygen atoms in total. The van der Waals surface area contributed by atoms with Crippen molar-refractivity contribution in [3.8, 4) is 5.75 Å². The van der Waals surface area contributed by atoms with E-state index in [1.165, 1.54) is 11.0 Å². The Morgan fingerprint density at radius 3 is 2.04 bits per heavy atom. The molecule has 6 unspecified atom stereocenters. The van der Waals surface area contributed by atoms with Gasteiger partial charge in [-0.1, -0.05) is 43.0 Å². The van der Waals surface area contributed by atoms with Crippen LogP contribution in [-0.2, 0) is 19.2 Å². The highest BCUT2D eigenvalue weighted by molar-refractivity contribution is 6.58. The van der Waals surface area contributed by atoms with Gasteiger partial charge in [-0.2, -0.15) is 0 Å². The molecule has 6 atom stereocenters. The average molecular weight is 701 g/mol. The topological polar surface area (TPSA) is 95.0 Å². The molecule has 5 aliphatic rings. The Bertz CT molecular complexity index is 1810. The highest BCUT2D eigenvalue weighted by atomic mass is 35.5. The minimum absolute atomic E-state index is 0.0391. The highest BCUT2D eigenvalue weighted by Gasteiger charge is 2.77. The monoisotopic (exact) mass is 700 g/mol. The third-order valence-corrected chi connectivity index (χ3v) is 11.9. The normalized spacial score (nSPS) is 32.5. The lowest BCUT2D eigenvalue weighted by atomic mass is 9.56. The number of alkyl halides is 2. The third-order valence-electron chi connectivity index (χ3n) is 10.5. The number of amides is 4. The average Bonchev–Trinajstić information content (AvgIpc) is 3.39. The number of rotatable bonds is 3. The Kier molecular flexibility index (Phi) is 7.29. The van der Waals surface area contributed by atoms with Crippen molar-refractivity contribution in [3.63, 3.8) is 0 Å². The molecule has 47 heavy (non-hydrogen) atoms. The number of aromatic hydroxyl groups is 1. The van der Waals surface area contributed by atoms with Gasteiger partial charge in [-0.05, 0) is 37.7 Å². The van der Waals surface area contributed by atoms with Gasteiger partial charge in [0.25, 0.3) is 11.8 Å². The van der Waals surface area contributed by atoms with Gasteiger partial charge in [0.15, 0.2) is 44.6 Å². The van der Waals surface area contributed by atoms with E-state index < -0.39 is 110 Å². The number of imide groups is 2. The molecule has 4 amide bonds. The number of carbonyl (C=O) groups is 4. The molecule has 0 bridgehead atoms. The molecule has 248 valence electrons. The first-order chi connectivity index (χ1) is 22.2. The number of benzene rings is 2. The van der Waals surface area contributed by atoms with Crippen molar-refractivity contribution in [1.82, 2.24) is 4.90 Å². The maximum Gasteiger partial charge on any atom is 0.258 e. The Labute approximate surface area is 273 Å². The number of phenols is 1. The standard InChI is InChI=1S/C32H24Cl2F6N2O5/c33-31-11-16-13(9-10-14-18(16)28(45)41(27(14)44)12-5-2-1-3-6-12)19(15-7-4-8-17(35)26(15)43)32(31,34)30(47)42(29(31)46)25-23(39)21(37)20(36)22(38)24(25)40/h4,7-9,12,14,16,18-19,43H,1-3,5-6,10-11H2. The first-order valence-electron chi connectivity index (χ1n) is 15.0. The SMILES string of the molecule is O=C1C2CC=C3C(CC4(Cl)C(=O)N(c5c(F)c(F)c(F)c(F)c5F)C(=O)C4(Cl)C3c3cccc(F)c3O)C2C(=O)N1C1CCCCC1. The summed E-state index contributed by atoms with van der Waals surface area (Å²) < 4.78 is 87.7.